The number of esters is 1. The van der Waals surface area contributed by atoms with Crippen LogP contribution in [0.1, 0.15) is 19.8 Å². The first kappa shape index (κ1) is 11.7. The lowest BCUT2D eigenvalue weighted by Crippen LogP contribution is -2.26. The minimum Gasteiger partial charge on any atom is -0.447 e. The third-order valence-electron chi connectivity index (χ3n) is 1.26. The van der Waals surface area contributed by atoms with Crippen molar-refractivity contribution in [2.75, 3.05) is 6.54 Å². The van der Waals surface area contributed by atoms with Gasteiger partial charge in [-0.25, -0.2) is 0 Å². The van der Waals surface area contributed by atoms with Crippen LogP contribution in [0.3, 0.4) is 0 Å². The molecule has 76 valence electrons. The van der Waals surface area contributed by atoms with Crippen molar-refractivity contribution in [3.63, 3.8) is 0 Å². The van der Waals surface area contributed by atoms with Crippen molar-refractivity contribution in [3.05, 3.63) is 0 Å². The summed E-state index contributed by atoms with van der Waals surface area (Å²) in [5.74, 6) is -0.324. The smallest absolute Gasteiger partial charge is 0.304 e. The molecule has 0 fully saturated rings. The molecule has 0 unspecified atom stereocenters. The zero-order valence-corrected chi connectivity index (χ0v) is 7.69. The van der Waals surface area contributed by atoms with Crippen molar-refractivity contribution in [1.29, 1.82) is 0 Å². The first-order chi connectivity index (χ1) is 6.02. The van der Waals surface area contributed by atoms with Gasteiger partial charge in [-0.2, -0.15) is 0 Å². The van der Waals surface area contributed by atoms with Crippen LogP contribution < -0.4 is 17.2 Å². The maximum absolute atomic E-state index is 10.4. The highest BCUT2D eigenvalue weighted by atomic mass is 16.5. The molecule has 0 rings (SSSR count). The Morgan fingerprint density at radius 1 is 1.54 bits per heavy atom. The monoisotopic (exact) mass is 188 g/mol. The highest BCUT2D eigenvalue weighted by Crippen LogP contribution is 1.96. The number of carbonyl (C=O) groups excluding carboxylic acids is 1. The number of nitrogens with zero attached hydrogens (tertiary/aromatic N) is 1. The van der Waals surface area contributed by atoms with Crippen LogP contribution in [0.2, 0.25) is 0 Å². The molecule has 0 saturated heterocycles. The predicted octanol–water partition coefficient (Wildman–Crippen LogP) is -1.11. The molecule has 0 aliphatic heterocycles. The predicted molar refractivity (Wildman–Crippen MR) is 49.7 cm³/mol. The van der Waals surface area contributed by atoms with Gasteiger partial charge in [-0.05, 0) is 12.8 Å². The van der Waals surface area contributed by atoms with Crippen molar-refractivity contribution in [2.24, 2.45) is 22.2 Å². The Hall–Kier alpha value is -1.30. The van der Waals surface area contributed by atoms with Gasteiger partial charge >= 0.3 is 5.97 Å². The van der Waals surface area contributed by atoms with E-state index in [1.807, 2.05) is 0 Å². The Bertz CT molecular complexity index is 189. The van der Waals surface area contributed by atoms with E-state index in [9.17, 15) is 4.79 Å². The van der Waals surface area contributed by atoms with Crippen molar-refractivity contribution in [3.8, 4) is 0 Å². The maximum atomic E-state index is 10.4. The van der Waals surface area contributed by atoms with Gasteiger partial charge in [0.25, 0.3) is 0 Å². The summed E-state index contributed by atoms with van der Waals surface area (Å²) in [5, 5.41) is 0. The van der Waals surface area contributed by atoms with Gasteiger partial charge in [0.1, 0.15) is 0 Å². The van der Waals surface area contributed by atoms with E-state index < -0.39 is 6.23 Å². The number of aliphatic imine (C=N–C) groups is 1. The number of rotatable bonds is 5. The number of hydrogen-bond acceptors (Lipinski definition) is 4. The lowest BCUT2D eigenvalue weighted by Gasteiger charge is -2.09. The zero-order valence-electron chi connectivity index (χ0n) is 7.69. The number of nitrogens with two attached hydrogens (primary N) is 3. The van der Waals surface area contributed by atoms with Gasteiger partial charge in [0.15, 0.2) is 12.2 Å². The Morgan fingerprint density at radius 3 is 2.62 bits per heavy atom. The summed E-state index contributed by atoms with van der Waals surface area (Å²) in [6.45, 7) is 1.81. The minimum absolute atomic E-state index is 0.0565. The Kier molecular flexibility index (Phi) is 5.62. The molecule has 6 N–H and O–H groups in total. The van der Waals surface area contributed by atoms with Crippen molar-refractivity contribution in [1.82, 2.24) is 0 Å². The number of carbonyl (C=O) groups is 1. The van der Waals surface area contributed by atoms with Crippen molar-refractivity contribution in [2.45, 2.75) is 26.0 Å². The molecule has 0 aromatic heterocycles. The molecule has 0 aliphatic carbocycles. The molecule has 0 radical (unpaired) electrons. The summed E-state index contributed by atoms with van der Waals surface area (Å²) in [6, 6.07) is 0. The number of ether oxygens (including phenoxy) is 1. The SMILES string of the molecule is CC(=O)O[C@@H](N)CCCN=C(N)N. The van der Waals surface area contributed by atoms with Crippen LogP contribution in [0.4, 0.5) is 0 Å². The summed E-state index contributed by atoms with van der Waals surface area (Å²) in [4.78, 5) is 14.2. The average Bonchev–Trinajstić information content (AvgIpc) is 1.96. The maximum Gasteiger partial charge on any atom is 0.304 e. The Morgan fingerprint density at radius 2 is 2.15 bits per heavy atom. The van der Waals surface area contributed by atoms with Gasteiger partial charge in [0, 0.05) is 13.5 Å². The van der Waals surface area contributed by atoms with E-state index >= 15 is 0 Å². The van der Waals surface area contributed by atoms with E-state index in [1.54, 1.807) is 0 Å². The summed E-state index contributed by atoms with van der Waals surface area (Å²) in [6.07, 6.45) is 0.676. The normalized spacial score (nSPS) is 11.8. The molecular formula is C7H16N4O2. The lowest BCUT2D eigenvalue weighted by molar-refractivity contribution is -0.146. The zero-order chi connectivity index (χ0) is 10.3. The quantitative estimate of drug-likeness (QED) is 0.166. The molecule has 1 atom stereocenters. The van der Waals surface area contributed by atoms with Gasteiger partial charge in [-0.15, -0.1) is 0 Å². The minimum atomic E-state index is -0.563. The van der Waals surface area contributed by atoms with E-state index in [-0.39, 0.29) is 11.9 Å². The fourth-order valence-electron chi connectivity index (χ4n) is 0.773. The van der Waals surface area contributed by atoms with Crippen molar-refractivity contribution >= 4 is 11.9 Å². The molecule has 0 bridgehead atoms. The van der Waals surface area contributed by atoms with Crippen LogP contribution >= 0.6 is 0 Å². The van der Waals surface area contributed by atoms with E-state index in [0.717, 1.165) is 0 Å². The van der Waals surface area contributed by atoms with Gasteiger partial charge in [-0.1, -0.05) is 0 Å². The highest BCUT2D eigenvalue weighted by molar-refractivity contribution is 5.75. The number of hydrogen-bond donors (Lipinski definition) is 3. The first-order valence-electron chi connectivity index (χ1n) is 4.00. The van der Waals surface area contributed by atoms with Crippen LogP contribution in [0, 0.1) is 0 Å². The summed E-state index contributed by atoms with van der Waals surface area (Å²) >= 11 is 0. The molecule has 0 aromatic rings. The fraction of sp³-hybridized carbons (Fsp3) is 0.714. The molecular weight excluding hydrogens is 172 g/mol. The molecule has 6 nitrogen and oxygen atoms in total. The van der Waals surface area contributed by atoms with E-state index in [2.05, 4.69) is 9.73 Å². The molecule has 0 spiro atoms. The summed E-state index contributed by atoms with van der Waals surface area (Å²) in [7, 11) is 0. The van der Waals surface area contributed by atoms with Crippen LogP contribution in [0.15, 0.2) is 4.99 Å². The van der Waals surface area contributed by atoms with Crippen LogP contribution in [0.5, 0.6) is 0 Å². The first-order valence-corrected chi connectivity index (χ1v) is 4.00. The second-order valence-corrected chi connectivity index (χ2v) is 2.60. The largest absolute Gasteiger partial charge is 0.447 e. The average molecular weight is 188 g/mol. The van der Waals surface area contributed by atoms with Gasteiger partial charge in [0.05, 0.1) is 0 Å². The third-order valence-corrected chi connectivity index (χ3v) is 1.26. The lowest BCUT2D eigenvalue weighted by atomic mass is 10.3. The van der Waals surface area contributed by atoms with Gasteiger partial charge in [0.2, 0.25) is 0 Å². The molecule has 0 saturated carbocycles. The molecule has 0 amide bonds. The highest BCUT2D eigenvalue weighted by Gasteiger charge is 2.04. The van der Waals surface area contributed by atoms with E-state index in [4.69, 9.17) is 17.2 Å². The summed E-state index contributed by atoms with van der Waals surface area (Å²) in [5.41, 5.74) is 15.6. The second-order valence-electron chi connectivity index (χ2n) is 2.60. The van der Waals surface area contributed by atoms with E-state index in [1.165, 1.54) is 6.92 Å². The second kappa shape index (κ2) is 6.24. The Balaban J connectivity index is 3.42. The van der Waals surface area contributed by atoms with Gasteiger partial charge in [-0.3, -0.25) is 15.5 Å². The third kappa shape index (κ3) is 8.61. The fourth-order valence-corrected chi connectivity index (χ4v) is 0.773. The molecule has 0 heterocycles. The van der Waals surface area contributed by atoms with Crippen LogP contribution in [0.25, 0.3) is 0 Å². The van der Waals surface area contributed by atoms with Crippen molar-refractivity contribution < 1.29 is 9.53 Å². The van der Waals surface area contributed by atoms with Crippen LogP contribution in [-0.2, 0) is 9.53 Å². The molecule has 0 aromatic carbocycles. The summed E-state index contributed by atoms with van der Waals surface area (Å²) < 4.78 is 4.69. The molecule has 13 heavy (non-hydrogen) atoms. The molecule has 6 heteroatoms. The standard InChI is InChI=1S/C7H16N4O2/c1-5(12)13-6(8)3-2-4-11-7(9)10/h6H,2-4,8H2,1H3,(H4,9,10,11)/t6-/m1/s1. The Labute approximate surface area is 77.1 Å². The van der Waals surface area contributed by atoms with E-state index in [0.29, 0.717) is 19.4 Å². The van der Waals surface area contributed by atoms with Gasteiger partial charge < -0.3 is 16.2 Å². The molecule has 0 aliphatic rings. The topological polar surface area (TPSA) is 117 Å². The van der Waals surface area contributed by atoms with Crippen LogP contribution in [-0.4, -0.2) is 24.7 Å². The number of guanidine groups is 1.